The highest BCUT2D eigenvalue weighted by Gasteiger charge is 2.22. The number of amides is 1. The Morgan fingerprint density at radius 1 is 1.35 bits per heavy atom. The maximum absolute atomic E-state index is 12.4. The van der Waals surface area contributed by atoms with Crippen LogP contribution in [-0.4, -0.2) is 29.4 Å². The number of benzene rings is 1. The van der Waals surface area contributed by atoms with Crippen LogP contribution >= 0.6 is 0 Å². The summed E-state index contributed by atoms with van der Waals surface area (Å²) in [4.78, 5) is 28.8. The Labute approximate surface area is 117 Å². The van der Waals surface area contributed by atoms with Gasteiger partial charge in [-0.25, -0.2) is 0 Å². The van der Waals surface area contributed by atoms with Gasteiger partial charge in [0.2, 0.25) is 0 Å². The van der Waals surface area contributed by atoms with Gasteiger partial charge >= 0.3 is 0 Å². The van der Waals surface area contributed by atoms with Gasteiger partial charge in [-0.15, -0.1) is 0 Å². The number of carbonyl (C=O) groups is 1. The van der Waals surface area contributed by atoms with E-state index < -0.39 is 0 Å². The van der Waals surface area contributed by atoms with E-state index in [1.54, 1.807) is 24.1 Å². The molecule has 1 aliphatic rings. The molecular weight excluding hydrogens is 252 g/mol. The van der Waals surface area contributed by atoms with Crippen LogP contribution in [0.1, 0.15) is 29.8 Å². The number of fused-ring (bicyclic) bond motifs is 1. The van der Waals surface area contributed by atoms with Crippen molar-refractivity contribution in [2.75, 3.05) is 13.6 Å². The lowest BCUT2D eigenvalue weighted by atomic mass is 9.85. The van der Waals surface area contributed by atoms with Crippen LogP contribution in [0.15, 0.2) is 35.1 Å². The Kier molecular flexibility index (Phi) is 3.30. The van der Waals surface area contributed by atoms with Gasteiger partial charge in [-0.3, -0.25) is 9.59 Å². The predicted octanol–water partition coefficient (Wildman–Crippen LogP) is 2.40. The first-order valence-electron chi connectivity index (χ1n) is 7.02. The Morgan fingerprint density at radius 3 is 2.80 bits per heavy atom. The molecule has 3 rings (SSSR count). The second-order valence-corrected chi connectivity index (χ2v) is 5.58. The monoisotopic (exact) mass is 270 g/mol. The molecule has 0 bridgehead atoms. The first-order chi connectivity index (χ1) is 9.65. The van der Waals surface area contributed by atoms with Gasteiger partial charge in [0.1, 0.15) is 5.69 Å². The number of aromatic nitrogens is 1. The van der Waals surface area contributed by atoms with Crippen LogP contribution in [0.25, 0.3) is 10.8 Å². The fourth-order valence-electron chi connectivity index (χ4n) is 2.68. The Morgan fingerprint density at radius 2 is 2.10 bits per heavy atom. The van der Waals surface area contributed by atoms with Gasteiger partial charge in [-0.05, 0) is 36.3 Å². The summed E-state index contributed by atoms with van der Waals surface area (Å²) in [5, 5.41) is 1.42. The zero-order chi connectivity index (χ0) is 14.1. The molecule has 2 aromatic rings. The van der Waals surface area contributed by atoms with Crippen LogP contribution in [0.2, 0.25) is 0 Å². The number of hydrogen-bond acceptors (Lipinski definition) is 2. The second-order valence-electron chi connectivity index (χ2n) is 5.58. The van der Waals surface area contributed by atoms with Crippen LogP contribution in [0.3, 0.4) is 0 Å². The molecular formula is C16H18N2O2. The molecule has 4 heteroatoms. The minimum atomic E-state index is -0.205. The number of nitrogens with one attached hydrogen (secondary N) is 1. The van der Waals surface area contributed by atoms with Gasteiger partial charge in [0.05, 0.1) is 0 Å². The average Bonchev–Trinajstić information content (AvgIpc) is 2.41. The highest BCUT2D eigenvalue weighted by atomic mass is 16.2. The molecule has 1 aromatic carbocycles. The van der Waals surface area contributed by atoms with Crippen LogP contribution in [-0.2, 0) is 0 Å². The molecule has 0 unspecified atom stereocenters. The van der Waals surface area contributed by atoms with Crippen molar-refractivity contribution in [3.8, 4) is 0 Å². The first-order valence-corrected chi connectivity index (χ1v) is 7.02. The number of pyridine rings is 1. The smallest absolute Gasteiger partial charge is 0.270 e. The molecule has 20 heavy (non-hydrogen) atoms. The molecule has 0 atom stereocenters. The maximum atomic E-state index is 12.4. The minimum Gasteiger partial charge on any atom is -0.340 e. The van der Waals surface area contributed by atoms with Crippen LogP contribution in [0.4, 0.5) is 0 Å². The summed E-state index contributed by atoms with van der Waals surface area (Å²) < 4.78 is 0. The second kappa shape index (κ2) is 5.12. The first kappa shape index (κ1) is 12.9. The lowest BCUT2D eigenvalue weighted by Crippen LogP contribution is -2.35. The summed E-state index contributed by atoms with van der Waals surface area (Å²) in [6.45, 7) is 0.772. The van der Waals surface area contributed by atoms with E-state index in [1.165, 1.54) is 19.3 Å². The van der Waals surface area contributed by atoms with Gasteiger partial charge < -0.3 is 9.88 Å². The Bertz CT molecular complexity index is 701. The fourth-order valence-corrected chi connectivity index (χ4v) is 2.68. The van der Waals surface area contributed by atoms with E-state index in [0.717, 1.165) is 11.9 Å². The molecule has 1 aliphatic carbocycles. The van der Waals surface area contributed by atoms with Gasteiger partial charge in [0.15, 0.2) is 0 Å². The van der Waals surface area contributed by atoms with E-state index in [2.05, 4.69) is 4.98 Å². The van der Waals surface area contributed by atoms with E-state index in [4.69, 9.17) is 0 Å². The molecule has 1 fully saturated rings. The zero-order valence-corrected chi connectivity index (χ0v) is 11.6. The Hall–Kier alpha value is -2.10. The van der Waals surface area contributed by atoms with Crippen LogP contribution in [0, 0.1) is 5.92 Å². The zero-order valence-electron chi connectivity index (χ0n) is 11.6. The molecule has 0 radical (unpaired) electrons. The fraction of sp³-hybridized carbons (Fsp3) is 0.375. The number of aromatic amines is 1. The molecule has 1 amide bonds. The third-order valence-electron chi connectivity index (χ3n) is 4.09. The standard InChI is InChI=1S/C16H18N2O2/c1-18(10-11-5-4-6-11)16(20)14-9-12-7-2-3-8-13(12)15(19)17-14/h2-3,7-9,11H,4-6,10H2,1H3,(H,17,19). The van der Waals surface area contributed by atoms with Crippen molar-refractivity contribution >= 4 is 16.7 Å². The van der Waals surface area contributed by atoms with Gasteiger partial charge in [0, 0.05) is 19.0 Å². The number of carbonyl (C=O) groups excluding carboxylic acids is 1. The van der Waals surface area contributed by atoms with Gasteiger partial charge in [-0.2, -0.15) is 0 Å². The molecule has 1 aromatic heterocycles. The quantitative estimate of drug-likeness (QED) is 0.931. The normalized spacial score (nSPS) is 15.1. The van der Waals surface area contributed by atoms with Crippen molar-refractivity contribution in [1.82, 2.24) is 9.88 Å². The molecule has 1 N–H and O–H groups in total. The van der Waals surface area contributed by atoms with Gasteiger partial charge in [-0.1, -0.05) is 24.6 Å². The number of nitrogens with zero attached hydrogens (tertiary/aromatic N) is 1. The lowest BCUT2D eigenvalue weighted by molar-refractivity contribution is 0.0739. The molecule has 0 spiro atoms. The summed E-state index contributed by atoms with van der Waals surface area (Å²) in [7, 11) is 1.80. The van der Waals surface area contributed by atoms with Crippen LogP contribution < -0.4 is 5.56 Å². The minimum absolute atomic E-state index is 0.111. The van der Waals surface area contributed by atoms with E-state index in [1.807, 2.05) is 18.2 Å². The maximum Gasteiger partial charge on any atom is 0.270 e. The topological polar surface area (TPSA) is 53.2 Å². The number of rotatable bonds is 3. The number of H-pyrrole nitrogens is 1. The third-order valence-corrected chi connectivity index (χ3v) is 4.09. The summed E-state index contributed by atoms with van der Waals surface area (Å²) in [6, 6.07) is 9.07. The summed E-state index contributed by atoms with van der Waals surface area (Å²) >= 11 is 0. The largest absolute Gasteiger partial charge is 0.340 e. The predicted molar refractivity (Wildman–Crippen MR) is 78.9 cm³/mol. The average molecular weight is 270 g/mol. The van der Waals surface area contributed by atoms with E-state index in [0.29, 0.717) is 17.0 Å². The molecule has 1 heterocycles. The highest BCUT2D eigenvalue weighted by molar-refractivity contribution is 5.96. The summed E-state index contributed by atoms with van der Waals surface area (Å²) in [6.07, 6.45) is 3.66. The van der Waals surface area contributed by atoms with Crippen molar-refractivity contribution in [2.45, 2.75) is 19.3 Å². The Balaban J connectivity index is 1.89. The van der Waals surface area contributed by atoms with Gasteiger partial charge in [0.25, 0.3) is 11.5 Å². The van der Waals surface area contributed by atoms with E-state index >= 15 is 0 Å². The van der Waals surface area contributed by atoms with Crippen molar-refractivity contribution in [1.29, 1.82) is 0 Å². The van der Waals surface area contributed by atoms with Crippen LogP contribution in [0.5, 0.6) is 0 Å². The van der Waals surface area contributed by atoms with Crippen molar-refractivity contribution in [3.63, 3.8) is 0 Å². The van der Waals surface area contributed by atoms with Crippen molar-refractivity contribution in [3.05, 3.63) is 46.4 Å². The lowest BCUT2D eigenvalue weighted by Gasteiger charge is -2.30. The summed E-state index contributed by atoms with van der Waals surface area (Å²) in [5.41, 5.74) is 0.166. The van der Waals surface area contributed by atoms with E-state index in [-0.39, 0.29) is 11.5 Å². The molecule has 0 aliphatic heterocycles. The van der Waals surface area contributed by atoms with Crippen molar-refractivity contribution in [2.24, 2.45) is 5.92 Å². The number of hydrogen-bond donors (Lipinski definition) is 1. The SMILES string of the molecule is CN(CC1CCC1)C(=O)c1cc2ccccc2c(=O)[nH]1. The molecule has 1 saturated carbocycles. The third kappa shape index (κ3) is 2.33. The molecule has 104 valence electrons. The molecule has 4 nitrogen and oxygen atoms in total. The summed E-state index contributed by atoms with van der Waals surface area (Å²) in [5.74, 6) is 0.510. The van der Waals surface area contributed by atoms with E-state index in [9.17, 15) is 9.59 Å². The highest BCUT2D eigenvalue weighted by Crippen LogP contribution is 2.27. The molecule has 0 saturated heterocycles. The van der Waals surface area contributed by atoms with Crippen molar-refractivity contribution < 1.29 is 4.79 Å².